The summed E-state index contributed by atoms with van der Waals surface area (Å²) in [6, 6.07) is 9.68. The molecule has 20 heavy (non-hydrogen) atoms. The van der Waals surface area contributed by atoms with E-state index in [-0.39, 0.29) is 0 Å². The third-order valence-corrected chi connectivity index (χ3v) is 4.91. The first-order valence-electron chi connectivity index (χ1n) is 8.23. The van der Waals surface area contributed by atoms with E-state index in [0.29, 0.717) is 6.04 Å². The van der Waals surface area contributed by atoms with Gasteiger partial charge in [0.05, 0.1) is 0 Å². The molecule has 1 saturated carbocycles. The average molecular weight is 269 g/mol. The molecule has 1 heterocycles. The minimum Gasteiger partial charge on any atom is -0.310 e. The Bertz CT molecular complexity index is 457. The highest BCUT2D eigenvalue weighted by Crippen LogP contribution is 2.38. The van der Waals surface area contributed by atoms with E-state index in [1.54, 1.807) is 0 Å². The molecule has 0 amide bonds. The molecule has 1 aliphatic heterocycles. The van der Waals surface area contributed by atoms with Crippen LogP contribution in [-0.4, -0.2) is 12.6 Å². The molecule has 1 nitrogen and oxygen atoms in total. The monoisotopic (exact) mass is 269 g/mol. The fourth-order valence-corrected chi connectivity index (χ4v) is 3.89. The fourth-order valence-electron chi connectivity index (χ4n) is 3.89. The lowest BCUT2D eigenvalue weighted by Gasteiger charge is -2.13. The third kappa shape index (κ3) is 3.15. The quantitative estimate of drug-likeness (QED) is 0.860. The zero-order chi connectivity index (χ0) is 13.9. The SMILES string of the molecule is CC(C)Cc1ccc(/C=C/C2NCC3CCCC32)cc1. The number of nitrogens with one attached hydrogen (secondary N) is 1. The molecule has 1 aliphatic carbocycles. The normalized spacial score (nSPS) is 29.4. The Morgan fingerprint density at radius 2 is 2.00 bits per heavy atom. The van der Waals surface area contributed by atoms with Crippen LogP contribution >= 0.6 is 0 Å². The van der Waals surface area contributed by atoms with E-state index in [4.69, 9.17) is 0 Å². The van der Waals surface area contributed by atoms with Crippen molar-refractivity contribution in [2.24, 2.45) is 17.8 Å². The van der Waals surface area contributed by atoms with E-state index in [1.165, 1.54) is 43.4 Å². The van der Waals surface area contributed by atoms with Gasteiger partial charge in [-0.05, 0) is 54.7 Å². The van der Waals surface area contributed by atoms with Gasteiger partial charge in [0, 0.05) is 6.04 Å². The van der Waals surface area contributed by atoms with Crippen molar-refractivity contribution in [1.29, 1.82) is 0 Å². The van der Waals surface area contributed by atoms with Crippen LogP contribution in [0, 0.1) is 17.8 Å². The standard InChI is InChI=1S/C19H27N/c1-14(2)12-16-8-6-15(7-9-16)10-11-19-18-5-3-4-17(18)13-20-19/h6-11,14,17-20H,3-5,12-13H2,1-2H3/b11-10+. The van der Waals surface area contributed by atoms with Crippen molar-refractivity contribution in [2.75, 3.05) is 6.54 Å². The Balaban J connectivity index is 1.61. The molecule has 1 saturated heterocycles. The van der Waals surface area contributed by atoms with Crippen molar-refractivity contribution in [1.82, 2.24) is 5.32 Å². The van der Waals surface area contributed by atoms with Crippen LogP contribution in [0.4, 0.5) is 0 Å². The van der Waals surface area contributed by atoms with Gasteiger partial charge in [-0.1, -0.05) is 56.7 Å². The number of fused-ring (bicyclic) bond motifs is 1. The first kappa shape index (κ1) is 13.9. The van der Waals surface area contributed by atoms with Crippen LogP contribution in [0.3, 0.4) is 0 Å². The van der Waals surface area contributed by atoms with Gasteiger partial charge in [0.2, 0.25) is 0 Å². The second-order valence-corrected chi connectivity index (χ2v) is 6.99. The predicted octanol–water partition coefficient (Wildman–Crippen LogP) is 4.29. The second kappa shape index (κ2) is 6.13. The predicted molar refractivity (Wildman–Crippen MR) is 86.6 cm³/mol. The van der Waals surface area contributed by atoms with Crippen LogP contribution in [0.2, 0.25) is 0 Å². The molecule has 3 rings (SSSR count). The largest absolute Gasteiger partial charge is 0.310 e. The zero-order valence-corrected chi connectivity index (χ0v) is 12.8. The molecule has 3 atom stereocenters. The van der Waals surface area contributed by atoms with Crippen molar-refractivity contribution < 1.29 is 0 Å². The van der Waals surface area contributed by atoms with Crippen molar-refractivity contribution >= 4 is 6.08 Å². The van der Waals surface area contributed by atoms with Gasteiger partial charge in [-0.15, -0.1) is 0 Å². The Kier molecular flexibility index (Phi) is 4.26. The van der Waals surface area contributed by atoms with Crippen molar-refractivity contribution in [2.45, 2.75) is 45.6 Å². The lowest BCUT2D eigenvalue weighted by atomic mass is 9.93. The molecule has 1 N–H and O–H groups in total. The first-order chi connectivity index (χ1) is 9.72. The minimum atomic E-state index is 0.609. The van der Waals surface area contributed by atoms with E-state index < -0.39 is 0 Å². The summed E-state index contributed by atoms with van der Waals surface area (Å²) in [5.41, 5.74) is 2.78. The van der Waals surface area contributed by atoms with E-state index in [1.807, 2.05) is 0 Å². The minimum absolute atomic E-state index is 0.609. The van der Waals surface area contributed by atoms with Crippen LogP contribution in [0.1, 0.15) is 44.2 Å². The number of hydrogen-bond donors (Lipinski definition) is 1. The molecule has 0 aromatic heterocycles. The molecule has 0 radical (unpaired) electrons. The Morgan fingerprint density at radius 1 is 1.20 bits per heavy atom. The van der Waals surface area contributed by atoms with Crippen molar-refractivity contribution in [3.8, 4) is 0 Å². The molecule has 2 fully saturated rings. The van der Waals surface area contributed by atoms with Crippen molar-refractivity contribution in [3.05, 3.63) is 41.5 Å². The molecule has 1 aromatic rings. The molecule has 108 valence electrons. The van der Waals surface area contributed by atoms with Gasteiger partial charge < -0.3 is 5.32 Å². The summed E-state index contributed by atoms with van der Waals surface area (Å²) in [6.07, 6.45) is 10.2. The van der Waals surface area contributed by atoms with E-state index in [9.17, 15) is 0 Å². The van der Waals surface area contributed by atoms with Crippen LogP contribution < -0.4 is 5.32 Å². The Morgan fingerprint density at radius 3 is 2.75 bits per heavy atom. The molecule has 1 heteroatoms. The number of benzene rings is 1. The summed E-state index contributed by atoms with van der Waals surface area (Å²) in [6.45, 7) is 5.78. The molecular formula is C19H27N. The summed E-state index contributed by atoms with van der Waals surface area (Å²) >= 11 is 0. The third-order valence-electron chi connectivity index (χ3n) is 4.91. The van der Waals surface area contributed by atoms with Crippen LogP contribution in [0.25, 0.3) is 6.08 Å². The molecule has 3 unspecified atom stereocenters. The first-order valence-corrected chi connectivity index (χ1v) is 8.23. The van der Waals surface area contributed by atoms with Gasteiger partial charge >= 0.3 is 0 Å². The van der Waals surface area contributed by atoms with Gasteiger partial charge in [-0.25, -0.2) is 0 Å². The summed E-state index contributed by atoms with van der Waals surface area (Å²) in [7, 11) is 0. The summed E-state index contributed by atoms with van der Waals surface area (Å²) in [5, 5.41) is 3.68. The maximum atomic E-state index is 3.68. The van der Waals surface area contributed by atoms with E-state index >= 15 is 0 Å². The highest BCUT2D eigenvalue weighted by molar-refractivity contribution is 5.50. The molecule has 2 aliphatic rings. The smallest absolute Gasteiger partial charge is 0.0284 e. The Labute approximate surface area is 123 Å². The highest BCUT2D eigenvalue weighted by atomic mass is 15.0. The summed E-state index contributed by atoms with van der Waals surface area (Å²) in [4.78, 5) is 0. The number of rotatable bonds is 4. The maximum Gasteiger partial charge on any atom is 0.0284 e. The summed E-state index contributed by atoms with van der Waals surface area (Å²) in [5.74, 6) is 2.57. The van der Waals surface area contributed by atoms with Gasteiger partial charge in [0.15, 0.2) is 0 Å². The zero-order valence-electron chi connectivity index (χ0n) is 12.8. The molecule has 0 spiro atoms. The fraction of sp³-hybridized carbons (Fsp3) is 0.579. The van der Waals surface area contributed by atoms with Crippen LogP contribution in [0.15, 0.2) is 30.3 Å². The van der Waals surface area contributed by atoms with Gasteiger partial charge in [0.1, 0.15) is 0 Å². The highest BCUT2D eigenvalue weighted by Gasteiger charge is 2.37. The van der Waals surface area contributed by atoms with Crippen LogP contribution in [-0.2, 0) is 6.42 Å². The molecular weight excluding hydrogens is 242 g/mol. The Hall–Kier alpha value is -1.08. The maximum absolute atomic E-state index is 3.68. The molecule has 1 aromatic carbocycles. The van der Waals surface area contributed by atoms with Crippen molar-refractivity contribution in [3.63, 3.8) is 0 Å². The van der Waals surface area contributed by atoms with Gasteiger partial charge in [-0.2, -0.15) is 0 Å². The van der Waals surface area contributed by atoms with Gasteiger partial charge in [0.25, 0.3) is 0 Å². The second-order valence-electron chi connectivity index (χ2n) is 6.99. The number of hydrogen-bond acceptors (Lipinski definition) is 1. The van der Waals surface area contributed by atoms with Crippen LogP contribution in [0.5, 0.6) is 0 Å². The van der Waals surface area contributed by atoms with E-state index in [2.05, 4.69) is 55.6 Å². The summed E-state index contributed by atoms with van der Waals surface area (Å²) < 4.78 is 0. The topological polar surface area (TPSA) is 12.0 Å². The lowest BCUT2D eigenvalue weighted by molar-refractivity contribution is 0.456. The lowest BCUT2D eigenvalue weighted by Crippen LogP contribution is -2.23. The van der Waals surface area contributed by atoms with Gasteiger partial charge in [-0.3, -0.25) is 0 Å². The van der Waals surface area contributed by atoms with E-state index in [0.717, 1.165) is 17.8 Å². The molecule has 0 bridgehead atoms. The average Bonchev–Trinajstić information content (AvgIpc) is 3.01.